The molecule has 2 aromatic carbocycles. The summed E-state index contributed by atoms with van der Waals surface area (Å²) in [5.41, 5.74) is 13.2. The number of nitrogens with two attached hydrogens (primary N) is 2. The molecule has 6 heteroatoms. The Labute approximate surface area is 121 Å². The van der Waals surface area contributed by atoms with Crippen LogP contribution in [-0.2, 0) is 4.74 Å². The van der Waals surface area contributed by atoms with Crippen LogP contribution in [0.25, 0.3) is 0 Å². The maximum Gasteiger partial charge on any atom is 0.340 e. The fraction of sp³-hybridized carbons (Fsp3) is 0.0667. The lowest BCUT2D eigenvalue weighted by molar-refractivity contribution is 0.0602. The van der Waals surface area contributed by atoms with E-state index in [1.807, 2.05) is 0 Å². The second-order valence-corrected chi connectivity index (χ2v) is 4.37. The van der Waals surface area contributed by atoms with Gasteiger partial charge in [0.25, 0.3) is 0 Å². The third-order valence-corrected chi connectivity index (χ3v) is 2.88. The van der Waals surface area contributed by atoms with E-state index in [4.69, 9.17) is 16.2 Å². The number of anilines is 3. The van der Waals surface area contributed by atoms with Crippen molar-refractivity contribution in [1.82, 2.24) is 0 Å². The number of nitrogens with one attached hydrogen (secondary N) is 1. The molecule has 0 aromatic heterocycles. The van der Waals surface area contributed by atoms with Crippen LogP contribution in [0.1, 0.15) is 20.7 Å². The fourth-order valence-corrected chi connectivity index (χ4v) is 1.86. The molecular formula is C15H15N3O3. The number of ether oxygens (including phenoxy) is 1. The summed E-state index contributed by atoms with van der Waals surface area (Å²) in [6.07, 6.45) is 0. The minimum absolute atomic E-state index is 0.307. The molecule has 0 saturated heterocycles. The van der Waals surface area contributed by atoms with Crippen LogP contribution < -0.4 is 16.8 Å². The molecular weight excluding hydrogens is 270 g/mol. The molecule has 0 atom stereocenters. The summed E-state index contributed by atoms with van der Waals surface area (Å²) >= 11 is 0. The smallest absolute Gasteiger partial charge is 0.340 e. The molecule has 0 bridgehead atoms. The highest BCUT2D eigenvalue weighted by Crippen LogP contribution is 2.24. The molecule has 2 aromatic rings. The number of esters is 1. The number of benzene rings is 2. The van der Waals surface area contributed by atoms with Gasteiger partial charge in [0.2, 0.25) is 5.91 Å². The lowest BCUT2D eigenvalue weighted by Crippen LogP contribution is -2.11. The first-order chi connectivity index (χ1) is 10.0. The van der Waals surface area contributed by atoms with E-state index in [1.165, 1.54) is 13.2 Å². The number of nitrogen functional groups attached to an aromatic ring is 1. The average Bonchev–Trinajstić information content (AvgIpc) is 2.48. The van der Waals surface area contributed by atoms with E-state index in [2.05, 4.69) is 5.32 Å². The van der Waals surface area contributed by atoms with Crippen molar-refractivity contribution in [2.75, 3.05) is 18.2 Å². The van der Waals surface area contributed by atoms with E-state index in [1.54, 1.807) is 36.4 Å². The zero-order chi connectivity index (χ0) is 15.4. The largest absolute Gasteiger partial charge is 0.465 e. The number of carbonyl (C=O) groups excluding carboxylic acids is 2. The molecule has 0 aliphatic rings. The third kappa shape index (κ3) is 3.30. The minimum atomic E-state index is -0.524. The monoisotopic (exact) mass is 285 g/mol. The van der Waals surface area contributed by atoms with Crippen LogP contribution in [0.15, 0.2) is 42.5 Å². The molecule has 21 heavy (non-hydrogen) atoms. The second kappa shape index (κ2) is 5.96. The van der Waals surface area contributed by atoms with Crippen LogP contribution in [0.3, 0.4) is 0 Å². The van der Waals surface area contributed by atoms with Gasteiger partial charge in [-0.05, 0) is 36.4 Å². The Balaban J connectivity index is 2.37. The number of amides is 1. The van der Waals surface area contributed by atoms with Gasteiger partial charge in [0.1, 0.15) is 0 Å². The zero-order valence-electron chi connectivity index (χ0n) is 11.4. The topological polar surface area (TPSA) is 107 Å². The molecule has 0 saturated carbocycles. The number of methoxy groups -OCH3 is 1. The third-order valence-electron chi connectivity index (χ3n) is 2.88. The molecule has 0 unspecified atom stereocenters. The molecule has 108 valence electrons. The highest BCUT2D eigenvalue weighted by molar-refractivity contribution is 5.98. The number of carbonyl (C=O) groups is 2. The number of rotatable bonds is 4. The first-order valence-electron chi connectivity index (χ1n) is 6.16. The van der Waals surface area contributed by atoms with Crippen molar-refractivity contribution in [3.05, 3.63) is 53.6 Å². The van der Waals surface area contributed by atoms with Gasteiger partial charge in [0.15, 0.2) is 0 Å². The Morgan fingerprint density at radius 3 is 2.57 bits per heavy atom. The quantitative estimate of drug-likeness (QED) is 0.587. The Bertz CT molecular complexity index is 698. The predicted octanol–water partition coefficient (Wildman–Crippen LogP) is 1.90. The summed E-state index contributed by atoms with van der Waals surface area (Å²) in [6, 6.07) is 11.5. The molecule has 0 heterocycles. The van der Waals surface area contributed by atoms with E-state index < -0.39 is 11.9 Å². The van der Waals surface area contributed by atoms with Crippen LogP contribution in [0.5, 0.6) is 0 Å². The Hall–Kier alpha value is -3.02. The fourth-order valence-electron chi connectivity index (χ4n) is 1.86. The van der Waals surface area contributed by atoms with Crippen molar-refractivity contribution >= 4 is 28.9 Å². The van der Waals surface area contributed by atoms with Gasteiger partial charge in [-0.2, -0.15) is 0 Å². The van der Waals surface area contributed by atoms with Crippen LogP contribution in [0.4, 0.5) is 17.1 Å². The van der Waals surface area contributed by atoms with Crippen molar-refractivity contribution < 1.29 is 14.3 Å². The van der Waals surface area contributed by atoms with Gasteiger partial charge in [-0.1, -0.05) is 6.07 Å². The molecule has 2 rings (SSSR count). The van der Waals surface area contributed by atoms with Gasteiger partial charge in [-0.15, -0.1) is 0 Å². The van der Waals surface area contributed by atoms with Gasteiger partial charge in [-0.3, -0.25) is 4.79 Å². The van der Waals surface area contributed by atoms with Gasteiger partial charge in [0.05, 0.1) is 18.4 Å². The molecule has 0 aliphatic carbocycles. The summed E-state index contributed by atoms with van der Waals surface area (Å²) < 4.78 is 4.72. The van der Waals surface area contributed by atoms with Crippen molar-refractivity contribution in [3.63, 3.8) is 0 Å². The maximum absolute atomic E-state index is 11.8. The Morgan fingerprint density at radius 1 is 1.14 bits per heavy atom. The summed E-state index contributed by atoms with van der Waals surface area (Å²) in [5.74, 6) is -1.03. The number of primary amides is 1. The Morgan fingerprint density at radius 2 is 1.90 bits per heavy atom. The molecule has 5 N–H and O–H groups in total. The van der Waals surface area contributed by atoms with Gasteiger partial charge in [-0.25, -0.2) is 4.79 Å². The standard InChI is InChI=1S/C15H15N3O3/c1-21-15(20)12-8-10(16)5-6-13(12)18-11-4-2-3-9(7-11)14(17)19/h2-8,18H,16H2,1H3,(H2,17,19). The Kier molecular flexibility index (Phi) is 4.08. The molecule has 0 spiro atoms. The normalized spacial score (nSPS) is 9.95. The first-order valence-corrected chi connectivity index (χ1v) is 6.16. The van der Waals surface area contributed by atoms with E-state index in [9.17, 15) is 9.59 Å². The summed E-state index contributed by atoms with van der Waals surface area (Å²) in [7, 11) is 1.29. The van der Waals surface area contributed by atoms with Crippen molar-refractivity contribution in [1.29, 1.82) is 0 Å². The van der Waals surface area contributed by atoms with E-state index in [0.29, 0.717) is 28.2 Å². The SMILES string of the molecule is COC(=O)c1cc(N)ccc1Nc1cccc(C(N)=O)c1. The van der Waals surface area contributed by atoms with Crippen LogP contribution in [0, 0.1) is 0 Å². The molecule has 1 amide bonds. The van der Waals surface area contributed by atoms with Crippen LogP contribution >= 0.6 is 0 Å². The number of hydrogen-bond acceptors (Lipinski definition) is 5. The minimum Gasteiger partial charge on any atom is -0.465 e. The summed E-state index contributed by atoms with van der Waals surface area (Å²) in [5, 5.41) is 3.05. The average molecular weight is 285 g/mol. The maximum atomic E-state index is 11.8. The highest BCUT2D eigenvalue weighted by Gasteiger charge is 2.13. The first kappa shape index (κ1) is 14.4. The molecule has 6 nitrogen and oxygen atoms in total. The molecule has 0 aliphatic heterocycles. The van der Waals surface area contributed by atoms with E-state index in [0.717, 1.165) is 0 Å². The molecule has 0 fully saturated rings. The lowest BCUT2D eigenvalue weighted by Gasteiger charge is -2.12. The summed E-state index contributed by atoms with van der Waals surface area (Å²) in [6.45, 7) is 0. The predicted molar refractivity (Wildman–Crippen MR) is 80.4 cm³/mol. The van der Waals surface area contributed by atoms with E-state index in [-0.39, 0.29) is 0 Å². The number of hydrogen-bond donors (Lipinski definition) is 3. The summed E-state index contributed by atoms with van der Waals surface area (Å²) in [4.78, 5) is 22.9. The highest BCUT2D eigenvalue weighted by atomic mass is 16.5. The second-order valence-electron chi connectivity index (χ2n) is 4.37. The van der Waals surface area contributed by atoms with Gasteiger partial charge < -0.3 is 21.5 Å². The zero-order valence-corrected chi connectivity index (χ0v) is 11.4. The molecule has 0 radical (unpaired) electrons. The van der Waals surface area contributed by atoms with Crippen molar-refractivity contribution in [2.24, 2.45) is 5.73 Å². The lowest BCUT2D eigenvalue weighted by atomic mass is 10.1. The van der Waals surface area contributed by atoms with E-state index >= 15 is 0 Å². The van der Waals surface area contributed by atoms with Crippen molar-refractivity contribution in [3.8, 4) is 0 Å². The van der Waals surface area contributed by atoms with Crippen LogP contribution in [-0.4, -0.2) is 19.0 Å². The van der Waals surface area contributed by atoms with Crippen molar-refractivity contribution in [2.45, 2.75) is 0 Å². The van der Waals surface area contributed by atoms with Crippen LogP contribution in [0.2, 0.25) is 0 Å². The van der Waals surface area contributed by atoms with Gasteiger partial charge in [0, 0.05) is 16.9 Å². The van der Waals surface area contributed by atoms with Gasteiger partial charge >= 0.3 is 5.97 Å².